The third-order valence-electron chi connectivity index (χ3n) is 5.94. The normalized spacial score (nSPS) is 23.9. The smallest absolute Gasteiger partial charge is 0.125 e. The summed E-state index contributed by atoms with van der Waals surface area (Å²) in [6.45, 7) is 6.17. The van der Waals surface area contributed by atoms with Crippen molar-refractivity contribution in [2.24, 2.45) is 0 Å². The minimum atomic E-state index is -0.344. The fraction of sp³-hybridized carbons (Fsp3) is 0.478. The predicted molar refractivity (Wildman–Crippen MR) is 135 cm³/mol. The quantitative estimate of drug-likeness (QED) is 0.470. The number of aliphatic hydroxyl groups is 1. The molecule has 1 fully saturated rings. The average molecular weight is 634 g/mol. The van der Waals surface area contributed by atoms with Crippen molar-refractivity contribution in [1.29, 1.82) is 0 Å². The van der Waals surface area contributed by atoms with Crippen LogP contribution in [0.1, 0.15) is 36.1 Å². The maximum Gasteiger partial charge on any atom is 0.125 e. The zero-order chi connectivity index (χ0) is 21.1. The highest BCUT2D eigenvalue weighted by Gasteiger charge is 2.29. The number of benzene rings is 2. The van der Waals surface area contributed by atoms with Crippen LogP contribution in [0.4, 0.5) is 0 Å². The van der Waals surface area contributed by atoms with Gasteiger partial charge in [-0.25, -0.2) is 0 Å². The molecule has 0 bridgehead atoms. The van der Waals surface area contributed by atoms with E-state index >= 15 is 0 Å². The van der Waals surface area contributed by atoms with Crippen LogP contribution in [0.25, 0.3) is 0 Å². The van der Waals surface area contributed by atoms with Gasteiger partial charge in [0.15, 0.2) is 0 Å². The van der Waals surface area contributed by atoms with Crippen molar-refractivity contribution in [1.82, 2.24) is 9.80 Å². The molecule has 0 aromatic heterocycles. The fourth-order valence-corrected chi connectivity index (χ4v) is 5.24. The fourth-order valence-electron chi connectivity index (χ4n) is 4.21. The van der Waals surface area contributed by atoms with Crippen molar-refractivity contribution in [2.75, 3.05) is 46.4 Å². The van der Waals surface area contributed by atoms with E-state index < -0.39 is 0 Å². The van der Waals surface area contributed by atoms with E-state index in [1.807, 2.05) is 18.2 Å². The molecule has 0 amide bonds. The van der Waals surface area contributed by atoms with Crippen molar-refractivity contribution < 1.29 is 14.6 Å². The van der Waals surface area contributed by atoms with Crippen LogP contribution in [0, 0.1) is 7.14 Å². The largest absolute Gasteiger partial charge is 0.493 e. The van der Waals surface area contributed by atoms with Crippen LogP contribution in [0.15, 0.2) is 36.4 Å². The van der Waals surface area contributed by atoms with Crippen molar-refractivity contribution >= 4 is 45.2 Å². The van der Waals surface area contributed by atoms with E-state index in [2.05, 4.69) is 80.2 Å². The number of likely N-dealkylation sites (N-methyl/N-ethyl adjacent to an activating group) is 1. The summed E-state index contributed by atoms with van der Waals surface area (Å²) in [7, 11) is 2.21. The van der Waals surface area contributed by atoms with E-state index in [0.29, 0.717) is 19.1 Å². The van der Waals surface area contributed by atoms with Crippen LogP contribution < -0.4 is 9.47 Å². The highest BCUT2D eigenvalue weighted by Crippen LogP contribution is 2.37. The first-order chi connectivity index (χ1) is 14.5. The molecule has 2 unspecified atom stereocenters. The highest BCUT2D eigenvalue weighted by atomic mass is 127. The molecular formula is C23H28I2N2O3. The summed E-state index contributed by atoms with van der Waals surface area (Å²) in [5, 5.41) is 9.60. The van der Waals surface area contributed by atoms with E-state index in [1.165, 1.54) is 35.3 Å². The van der Waals surface area contributed by atoms with E-state index in [1.54, 1.807) is 0 Å². The van der Waals surface area contributed by atoms with Crippen molar-refractivity contribution in [3.05, 3.63) is 54.7 Å². The summed E-state index contributed by atoms with van der Waals surface area (Å²) in [6, 6.07) is 13.0. The molecule has 0 radical (unpaired) electrons. The molecule has 2 atom stereocenters. The minimum Gasteiger partial charge on any atom is -0.493 e. The van der Waals surface area contributed by atoms with Gasteiger partial charge in [-0.05, 0) is 88.6 Å². The molecule has 2 aromatic rings. The molecule has 1 saturated heterocycles. The van der Waals surface area contributed by atoms with Crippen LogP contribution in [0.2, 0.25) is 0 Å². The first-order valence-corrected chi connectivity index (χ1v) is 12.6. The summed E-state index contributed by atoms with van der Waals surface area (Å²) < 4.78 is 13.6. The molecule has 2 aromatic carbocycles. The average Bonchev–Trinajstić information content (AvgIpc) is 2.75. The van der Waals surface area contributed by atoms with E-state index in [-0.39, 0.29) is 6.10 Å². The second-order valence-corrected chi connectivity index (χ2v) is 10.5. The van der Waals surface area contributed by atoms with Crippen LogP contribution >= 0.6 is 45.2 Å². The van der Waals surface area contributed by atoms with Crippen LogP contribution in [0.5, 0.6) is 11.5 Å². The highest BCUT2D eigenvalue weighted by molar-refractivity contribution is 14.1. The lowest BCUT2D eigenvalue weighted by Gasteiger charge is -2.40. The first kappa shape index (κ1) is 22.6. The Hall–Kier alpha value is -0.620. The summed E-state index contributed by atoms with van der Waals surface area (Å²) in [4.78, 5) is 5.03. The number of rotatable bonds is 1. The van der Waals surface area contributed by atoms with Gasteiger partial charge in [0.2, 0.25) is 0 Å². The molecule has 7 heteroatoms. The third-order valence-corrected chi connectivity index (χ3v) is 7.28. The minimum absolute atomic E-state index is 0.344. The number of piperazine rings is 1. The molecule has 3 aliphatic rings. The number of ether oxygens (including phenoxy) is 2. The van der Waals surface area contributed by atoms with Crippen molar-refractivity contribution in [3.8, 4) is 11.5 Å². The summed E-state index contributed by atoms with van der Waals surface area (Å²) in [6.07, 6.45) is 1.48. The lowest BCUT2D eigenvalue weighted by atomic mass is 9.98. The Balaban J connectivity index is 0.000000158. The van der Waals surface area contributed by atoms with Gasteiger partial charge in [0, 0.05) is 63.3 Å². The second kappa shape index (κ2) is 10.3. The van der Waals surface area contributed by atoms with Gasteiger partial charge in [-0.2, -0.15) is 0 Å². The van der Waals surface area contributed by atoms with Crippen molar-refractivity contribution in [3.63, 3.8) is 0 Å². The molecular weight excluding hydrogens is 606 g/mol. The van der Waals surface area contributed by atoms with Crippen LogP contribution in [-0.4, -0.2) is 61.3 Å². The number of halogens is 2. The molecule has 3 aliphatic heterocycles. The molecule has 0 aliphatic carbocycles. The van der Waals surface area contributed by atoms with Gasteiger partial charge in [-0.3, -0.25) is 4.90 Å². The Bertz CT molecular complexity index is 872. The zero-order valence-electron chi connectivity index (χ0n) is 17.2. The molecule has 162 valence electrons. The van der Waals surface area contributed by atoms with Gasteiger partial charge < -0.3 is 19.5 Å². The van der Waals surface area contributed by atoms with E-state index in [9.17, 15) is 5.11 Å². The number of nitrogens with zero attached hydrogens (tertiary/aromatic N) is 2. The lowest BCUT2D eigenvalue weighted by Crippen LogP contribution is -2.46. The standard InChI is InChI=1S/C14H19IN2O.C9H9IO2/c1-16-5-7-17(8-6-16)13-4-9-18-14-3-2-11(15)10-12(13)14;10-6-1-2-9-7(5-6)8(11)3-4-12-9/h2-3,10,13H,4-9H2,1H3;1-2,5,8,11H,3-4H2. The number of hydrogen-bond acceptors (Lipinski definition) is 5. The summed E-state index contributed by atoms with van der Waals surface area (Å²) in [5.74, 6) is 1.92. The SMILES string of the molecule is CN1CCN(C2CCOc3ccc(I)cc32)CC1.OC1CCOc2ccc(I)cc21. The molecule has 30 heavy (non-hydrogen) atoms. The first-order valence-electron chi connectivity index (χ1n) is 10.5. The topological polar surface area (TPSA) is 45.2 Å². The van der Waals surface area contributed by atoms with Gasteiger partial charge in [-0.15, -0.1) is 0 Å². The molecule has 1 N–H and O–H groups in total. The van der Waals surface area contributed by atoms with Gasteiger partial charge >= 0.3 is 0 Å². The number of fused-ring (bicyclic) bond motifs is 2. The van der Waals surface area contributed by atoms with Crippen molar-refractivity contribution in [2.45, 2.75) is 25.0 Å². The Morgan fingerprint density at radius 3 is 2.07 bits per heavy atom. The Morgan fingerprint density at radius 1 is 0.833 bits per heavy atom. The second-order valence-electron chi connectivity index (χ2n) is 8.01. The monoisotopic (exact) mass is 634 g/mol. The van der Waals surface area contributed by atoms with Gasteiger partial charge in [0.25, 0.3) is 0 Å². The zero-order valence-corrected chi connectivity index (χ0v) is 21.5. The van der Waals surface area contributed by atoms with Gasteiger partial charge in [0.1, 0.15) is 11.5 Å². The molecule has 0 saturated carbocycles. The lowest BCUT2D eigenvalue weighted by molar-refractivity contribution is 0.0855. The maximum absolute atomic E-state index is 9.60. The number of hydrogen-bond donors (Lipinski definition) is 1. The van der Waals surface area contributed by atoms with Gasteiger partial charge in [0.05, 0.1) is 19.3 Å². The Morgan fingerprint density at radius 2 is 1.40 bits per heavy atom. The van der Waals surface area contributed by atoms with Crippen LogP contribution in [0.3, 0.4) is 0 Å². The van der Waals surface area contributed by atoms with E-state index in [0.717, 1.165) is 33.7 Å². The molecule has 5 rings (SSSR count). The summed E-state index contributed by atoms with van der Waals surface area (Å²) >= 11 is 4.62. The van der Waals surface area contributed by atoms with Crippen LogP contribution in [-0.2, 0) is 0 Å². The Kier molecular flexibility index (Phi) is 7.77. The molecule has 0 spiro atoms. The van der Waals surface area contributed by atoms with E-state index in [4.69, 9.17) is 9.47 Å². The Labute approximate surface area is 206 Å². The third kappa shape index (κ3) is 5.40. The molecule has 5 nitrogen and oxygen atoms in total. The predicted octanol–water partition coefficient (Wildman–Crippen LogP) is 4.47. The molecule has 3 heterocycles. The maximum atomic E-state index is 9.60. The summed E-state index contributed by atoms with van der Waals surface area (Å²) in [5.41, 5.74) is 2.31. The van der Waals surface area contributed by atoms with Gasteiger partial charge in [-0.1, -0.05) is 0 Å². The number of aliphatic hydroxyl groups excluding tert-OH is 1.